The Morgan fingerprint density at radius 1 is 0.933 bits per heavy atom. The van der Waals surface area contributed by atoms with Crippen molar-refractivity contribution >= 4 is 0 Å². The summed E-state index contributed by atoms with van der Waals surface area (Å²) in [6.07, 6.45) is 2.80. The maximum Gasteiger partial charge on any atom is 0.148 e. The smallest absolute Gasteiger partial charge is 0.148 e. The van der Waals surface area contributed by atoms with Gasteiger partial charge in [0.1, 0.15) is 13.6 Å². The van der Waals surface area contributed by atoms with E-state index in [-0.39, 0.29) is 19.7 Å². The van der Waals surface area contributed by atoms with Crippen LogP contribution in [0.1, 0.15) is 44.2 Å². The predicted molar refractivity (Wildman–Crippen MR) is 119 cm³/mol. The lowest BCUT2D eigenvalue weighted by atomic mass is 9.74. The van der Waals surface area contributed by atoms with Gasteiger partial charge in [-0.15, -0.1) is 0 Å². The molecule has 0 spiro atoms. The molecule has 0 aliphatic heterocycles. The van der Waals surface area contributed by atoms with E-state index in [1.165, 1.54) is 0 Å². The van der Waals surface area contributed by atoms with Crippen LogP contribution in [0.3, 0.4) is 0 Å². The Hall–Kier alpha value is -1.98. The zero-order valence-electron chi connectivity index (χ0n) is 18.2. The monoisotopic (exact) mass is 410 g/mol. The third-order valence-corrected chi connectivity index (χ3v) is 5.95. The summed E-state index contributed by atoms with van der Waals surface area (Å²) in [6.45, 7) is 10.1. The lowest BCUT2D eigenvalue weighted by Crippen LogP contribution is -2.45. The van der Waals surface area contributed by atoms with E-state index in [9.17, 15) is 0 Å². The van der Waals surface area contributed by atoms with Crippen molar-refractivity contribution in [1.82, 2.24) is 0 Å². The second-order valence-corrected chi connectivity index (χ2v) is 8.25. The minimum atomic E-state index is -0.409. The molecule has 0 N–H and O–H groups in total. The Bertz CT molecular complexity index is 761. The Morgan fingerprint density at radius 2 is 1.50 bits per heavy atom. The topological polar surface area (TPSA) is 36.9 Å². The van der Waals surface area contributed by atoms with Gasteiger partial charge in [-0.3, -0.25) is 0 Å². The lowest BCUT2D eigenvalue weighted by molar-refractivity contribution is -0.185. The van der Waals surface area contributed by atoms with E-state index in [1.54, 1.807) is 0 Å². The summed E-state index contributed by atoms with van der Waals surface area (Å²) in [4.78, 5) is 0. The zero-order valence-corrected chi connectivity index (χ0v) is 18.2. The van der Waals surface area contributed by atoms with E-state index in [1.807, 2.05) is 43.3 Å². The summed E-state index contributed by atoms with van der Waals surface area (Å²) in [6, 6.07) is 20.3. The minimum Gasteiger partial charge on any atom is -0.352 e. The Labute approximate surface area is 180 Å². The standard InChI is InChI=1S/C26H34O4/c1-21(2)26(30-20-28-18-24-12-8-5-9-13-24)15-14-22(3)25(16-26)29-19-27-17-23-10-6-4-7-11-23/h4-13,22,25H,1,14-20H2,2-3H3/t22?,25?,26-/m1/s1. The summed E-state index contributed by atoms with van der Waals surface area (Å²) in [5.41, 5.74) is 2.90. The van der Waals surface area contributed by atoms with Gasteiger partial charge < -0.3 is 18.9 Å². The third kappa shape index (κ3) is 6.51. The van der Waals surface area contributed by atoms with Gasteiger partial charge in [0.05, 0.1) is 24.9 Å². The highest BCUT2D eigenvalue weighted by atomic mass is 16.7. The van der Waals surface area contributed by atoms with Gasteiger partial charge in [-0.1, -0.05) is 74.2 Å². The fraction of sp³-hybridized carbons (Fsp3) is 0.462. The minimum absolute atomic E-state index is 0.0698. The molecular weight excluding hydrogens is 376 g/mol. The zero-order chi connectivity index (χ0) is 21.2. The van der Waals surface area contributed by atoms with Crippen LogP contribution in [0.2, 0.25) is 0 Å². The van der Waals surface area contributed by atoms with Gasteiger partial charge in [-0.25, -0.2) is 0 Å². The normalized spacial score (nSPS) is 23.9. The highest BCUT2D eigenvalue weighted by molar-refractivity contribution is 5.15. The van der Waals surface area contributed by atoms with Crippen molar-refractivity contribution in [1.29, 1.82) is 0 Å². The Morgan fingerprint density at radius 3 is 2.07 bits per heavy atom. The number of ether oxygens (including phenoxy) is 4. The van der Waals surface area contributed by atoms with Crippen LogP contribution in [-0.4, -0.2) is 25.3 Å². The van der Waals surface area contributed by atoms with Gasteiger partial charge in [-0.2, -0.15) is 0 Å². The maximum atomic E-state index is 6.27. The summed E-state index contributed by atoms with van der Waals surface area (Å²) in [7, 11) is 0. The predicted octanol–water partition coefficient (Wildman–Crippen LogP) is 5.87. The molecule has 3 atom stereocenters. The Balaban J connectivity index is 1.47. The van der Waals surface area contributed by atoms with E-state index in [2.05, 4.69) is 37.8 Å². The molecule has 0 aromatic heterocycles. The number of hydrogen-bond donors (Lipinski definition) is 0. The molecule has 0 heterocycles. The summed E-state index contributed by atoms with van der Waals surface area (Å²) in [5, 5.41) is 0. The number of rotatable bonds is 11. The van der Waals surface area contributed by atoms with Gasteiger partial charge in [0.15, 0.2) is 0 Å². The molecule has 2 aromatic carbocycles. The molecule has 1 fully saturated rings. The molecule has 0 saturated heterocycles. The van der Waals surface area contributed by atoms with Crippen LogP contribution in [0, 0.1) is 5.92 Å². The van der Waals surface area contributed by atoms with Crippen molar-refractivity contribution in [2.45, 2.75) is 58.0 Å². The largest absolute Gasteiger partial charge is 0.352 e. The third-order valence-electron chi connectivity index (χ3n) is 5.95. The van der Waals surface area contributed by atoms with Gasteiger partial charge in [0.25, 0.3) is 0 Å². The van der Waals surface area contributed by atoms with E-state index in [0.717, 1.165) is 36.0 Å². The van der Waals surface area contributed by atoms with Crippen molar-refractivity contribution in [3.63, 3.8) is 0 Å². The van der Waals surface area contributed by atoms with E-state index >= 15 is 0 Å². The van der Waals surface area contributed by atoms with E-state index in [0.29, 0.717) is 19.1 Å². The molecule has 1 saturated carbocycles. The molecule has 4 heteroatoms. The average molecular weight is 411 g/mol. The van der Waals surface area contributed by atoms with Crippen LogP contribution < -0.4 is 0 Å². The summed E-state index contributed by atoms with van der Waals surface area (Å²) < 4.78 is 23.9. The molecule has 4 nitrogen and oxygen atoms in total. The quantitative estimate of drug-likeness (QED) is 0.264. The summed E-state index contributed by atoms with van der Waals surface area (Å²) in [5.74, 6) is 0.451. The van der Waals surface area contributed by atoms with Crippen molar-refractivity contribution in [2.24, 2.45) is 5.92 Å². The van der Waals surface area contributed by atoms with Crippen LogP contribution in [0.4, 0.5) is 0 Å². The fourth-order valence-corrected chi connectivity index (χ4v) is 3.90. The molecule has 0 bridgehead atoms. The van der Waals surface area contributed by atoms with Gasteiger partial charge >= 0.3 is 0 Å². The maximum absolute atomic E-state index is 6.27. The fourth-order valence-electron chi connectivity index (χ4n) is 3.90. The average Bonchev–Trinajstić information content (AvgIpc) is 2.77. The first-order valence-electron chi connectivity index (χ1n) is 10.7. The first-order chi connectivity index (χ1) is 14.6. The molecular formula is C26H34O4. The second kappa shape index (κ2) is 11.4. The van der Waals surface area contributed by atoms with E-state index < -0.39 is 5.60 Å². The lowest BCUT2D eigenvalue weighted by Gasteiger charge is -2.43. The van der Waals surface area contributed by atoms with Crippen molar-refractivity contribution < 1.29 is 18.9 Å². The molecule has 30 heavy (non-hydrogen) atoms. The molecule has 1 aliphatic rings. The van der Waals surface area contributed by atoms with Crippen molar-refractivity contribution in [3.8, 4) is 0 Å². The van der Waals surface area contributed by atoms with Crippen LogP contribution in [0.25, 0.3) is 0 Å². The molecule has 2 aromatic rings. The molecule has 162 valence electrons. The first-order valence-corrected chi connectivity index (χ1v) is 10.7. The van der Waals surface area contributed by atoms with Crippen molar-refractivity contribution in [3.05, 3.63) is 83.9 Å². The second-order valence-electron chi connectivity index (χ2n) is 8.25. The Kier molecular flexibility index (Phi) is 8.64. The number of benzene rings is 2. The first kappa shape index (κ1) is 22.7. The van der Waals surface area contributed by atoms with Gasteiger partial charge in [-0.05, 0) is 42.4 Å². The van der Waals surface area contributed by atoms with Crippen LogP contribution in [0.5, 0.6) is 0 Å². The highest BCUT2D eigenvalue weighted by Gasteiger charge is 2.41. The molecule has 1 aliphatic carbocycles. The van der Waals surface area contributed by atoms with Gasteiger partial charge in [0.2, 0.25) is 0 Å². The van der Waals surface area contributed by atoms with Crippen LogP contribution in [0.15, 0.2) is 72.8 Å². The molecule has 3 rings (SSSR count). The van der Waals surface area contributed by atoms with Crippen LogP contribution in [-0.2, 0) is 32.2 Å². The molecule has 0 amide bonds. The van der Waals surface area contributed by atoms with Crippen molar-refractivity contribution in [2.75, 3.05) is 13.6 Å². The van der Waals surface area contributed by atoms with E-state index in [4.69, 9.17) is 18.9 Å². The number of hydrogen-bond acceptors (Lipinski definition) is 4. The highest BCUT2D eigenvalue weighted by Crippen LogP contribution is 2.40. The van der Waals surface area contributed by atoms with Gasteiger partial charge in [0, 0.05) is 6.42 Å². The molecule has 2 unspecified atom stereocenters. The molecule has 0 radical (unpaired) electrons. The SMILES string of the molecule is C=C(C)[C@@]1(OCOCc2ccccc2)CCC(C)C(OCOCc2ccccc2)C1. The summed E-state index contributed by atoms with van der Waals surface area (Å²) >= 11 is 0. The van der Waals surface area contributed by atoms with Crippen LogP contribution >= 0.6 is 0 Å².